The molecule has 2 N–H and O–H groups in total. The highest BCUT2D eigenvalue weighted by Gasteiger charge is 2.07. The first-order valence-corrected chi connectivity index (χ1v) is 9.76. The van der Waals surface area contributed by atoms with Crippen LogP contribution in [0.5, 0.6) is 5.75 Å². The Kier molecular flexibility index (Phi) is 9.46. The summed E-state index contributed by atoms with van der Waals surface area (Å²) in [6.45, 7) is 6.05. The second-order valence-electron chi connectivity index (χ2n) is 6.32. The van der Waals surface area contributed by atoms with Crippen LogP contribution in [-0.4, -0.2) is 46.3 Å². The Morgan fingerprint density at radius 2 is 1.97 bits per heavy atom. The van der Waals surface area contributed by atoms with Gasteiger partial charge in [-0.25, -0.2) is 4.99 Å². The minimum Gasteiger partial charge on any atom is -0.489 e. The van der Waals surface area contributed by atoms with Crippen molar-refractivity contribution in [1.29, 1.82) is 0 Å². The third-order valence-electron chi connectivity index (χ3n) is 4.03. The molecule has 0 aliphatic carbocycles. The van der Waals surface area contributed by atoms with Crippen molar-refractivity contribution < 1.29 is 4.74 Å². The number of hydrogen-bond donors (Lipinski definition) is 2. The summed E-state index contributed by atoms with van der Waals surface area (Å²) in [6, 6.07) is 13.2. The molecule has 7 nitrogen and oxygen atoms in total. The van der Waals surface area contributed by atoms with E-state index in [4.69, 9.17) is 16.3 Å². The lowest BCUT2D eigenvalue weighted by molar-refractivity contribution is 0.230. The molecule has 2 heterocycles. The fraction of sp³-hybridized carbons (Fsp3) is 0.350. The van der Waals surface area contributed by atoms with Crippen LogP contribution in [0.1, 0.15) is 19.7 Å². The molecule has 0 saturated carbocycles. The minimum atomic E-state index is -0.0583. The molecule has 29 heavy (non-hydrogen) atoms. The fourth-order valence-corrected chi connectivity index (χ4v) is 2.82. The number of nitrogens with one attached hydrogen (secondary N) is 2. The molecule has 1 unspecified atom stereocenters. The second-order valence-corrected chi connectivity index (χ2v) is 6.76. The van der Waals surface area contributed by atoms with Crippen molar-refractivity contribution in [2.24, 2.45) is 4.99 Å². The molecular weight excluding hydrogens is 503 g/mol. The van der Waals surface area contributed by atoms with E-state index in [0.29, 0.717) is 18.1 Å². The largest absolute Gasteiger partial charge is 0.489 e. The maximum absolute atomic E-state index is 5.90. The fourth-order valence-electron chi connectivity index (χ4n) is 2.70. The summed E-state index contributed by atoms with van der Waals surface area (Å²) in [5.74, 6) is 2.45. The third kappa shape index (κ3) is 7.04. The normalized spacial score (nSPS) is 12.3. The Bertz CT molecular complexity index is 915. The second kappa shape index (κ2) is 11.8. The van der Waals surface area contributed by atoms with E-state index >= 15 is 0 Å². The zero-order valence-electron chi connectivity index (χ0n) is 16.5. The van der Waals surface area contributed by atoms with Crippen molar-refractivity contribution in [3.63, 3.8) is 0 Å². The van der Waals surface area contributed by atoms with Crippen molar-refractivity contribution in [2.75, 3.05) is 19.6 Å². The van der Waals surface area contributed by atoms with Gasteiger partial charge in [0, 0.05) is 30.7 Å². The van der Waals surface area contributed by atoms with E-state index in [1.54, 1.807) is 0 Å². The van der Waals surface area contributed by atoms with E-state index in [0.717, 1.165) is 36.1 Å². The van der Waals surface area contributed by atoms with Gasteiger partial charge in [0.15, 0.2) is 11.6 Å². The summed E-state index contributed by atoms with van der Waals surface area (Å²) >= 11 is 5.90. The van der Waals surface area contributed by atoms with Gasteiger partial charge in [0.25, 0.3) is 0 Å². The molecule has 3 rings (SSSR count). The number of guanidine groups is 1. The lowest BCUT2D eigenvalue weighted by Crippen LogP contribution is -2.39. The maximum atomic E-state index is 5.90. The van der Waals surface area contributed by atoms with Crippen LogP contribution in [0.2, 0.25) is 5.02 Å². The van der Waals surface area contributed by atoms with Crippen molar-refractivity contribution in [2.45, 2.75) is 26.4 Å². The molecule has 0 saturated heterocycles. The van der Waals surface area contributed by atoms with Gasteiger partial charge in [0.2, 0.25) is 0 Å². The molecule has 0 bridgehead atoms. The lowest BCUT2D eigenvalue weighted by Gasteiger charge is -2.15. The molecule has 0 spiro atoms. The number of hydrogen-bond acceptors (Lipinski definition) is 4. The summed E-state index contributed by atoms with van der Waals surface area (Å²) in [6.07, 6.45) is 2.66. The number of rotatable bonds is 8. The van der Waals surface area contributed by atoms with Crippen LogP contribution in [0.25, 0.3) is 5.65 Å². The smallest absolute Gasteiger partial charge is 0.191 e. The summed E-state index contributed by atoms with van der Waals surface area (Å²) in [7, 11) is 0. The molecule has 156 valence electrons. The molecule has 1 aromatic carbocycles. The zero-order chi connectivity index (χ0) is 19.8. The van der Waals surface area contributed by atoms with Gasteiger partial charge >= 0.3 is 0 Å². The Hall–Kier alpha value is -2.07. The van der Waals surface area contributed by atoms with E-state index in [2.05, 4.69) is 25.8 Å². The molecular formula is C20H26ClIN6O. The summed E-state index contributed by atoms with van der Waals surface area (Å²) < 4.78 is 7.86. The number of aromatic nitrogens is 3. The van der Waals surface area contributed by atoms with Crippen LogP contribution in [0.15, 0.2) is 53.7 Å². The van der Waals surface area contributed by atoms with Gasteiger partial charge in [-0.15, -0.1) is 34.2 Å². The van der Waals surface area contributed by atoms with Crippen LogP contribution in [0, 0.1) is 0 Å². The van der Waals surface area contributed by atoms with Crippen molar-refractivity contribution >= 4 is 47.2 Å². The van der Waals surface area contributed by atoms with Crippen molar-refractivity contribution in [3.05, 3.63) is 59.5 Å². The predicted octanol–water partition coefficient (Wildman–Crippen LogP) is 3.57. The summed E-state index contributed by atoms with van der Waals surface area (Å²) in [5.41, 5.74) is 0.853. The monoisotopic (exact) mass is 528 g/mol. The quantitative estimate of drug-likeness (QED) is 0.266. The van der Waals surface area contributed by atoms with Crippen molar-refractivity contribution in [3.8, 4) is 5.75 Å². The standard InChI is InChI=1S/C20H25ClN6O.HI/c1-3-22-20(24-14-15(2)28-17-9-7-16(21)8-10-17)23-12-11-19-26-25-18-6-4-5-13-27(18)19;/h4-10,13,15H,3,11-12,14H2,1-2H3,(H2,22,23,24);1H. The highest BCUT2D eigenvalue weighted by Crippen LogP contribution is 2.16. The van der Waals surface area contributed by atoms with Crippen LogP contribution < -0.4 is 15.4 Å². The minimum absolute atomic E-state index is 0. The number of pyridine rings is 1. The van der Waals surface area contributed by atoms with Gasteiger partial charge in [-0.1, -0.05) is 17.7 Å². The molecule has 0 fully saturated rings. The van der Waals surface area contributed by atoms with Crippen LogP contribution >= 0.6 is 35.6 Å². The lowest BCUT2D eigenvalue weighted by atomic mass is 10.3. The van der Waals surface area contributed by atoms with Crippen LogP contribution in [-0.2, 0) is 6.42 Å². The number of aliphatic imine (C=N–C) groups is 1. The van der Waals surface area contributed by atoms with Gasteiger partial charge in [-0.05, 0) is 50.2 Å². The average molecular weight is 529 g/mol. The van der Waals surface area contributed by atoms with E-state index < -0.39 is 0 Å². The van der Waals surface area contributed by atoms with Crippen molar-refractivity contribution in [1.82, 2.24) is 25.2 Å². The molecule has 3 aromatic rings. The Balaban J connectivity index is 0.00000300. The number of fused-ring (bicyclic) bond motifs is 1. The first kappa shape index (κ1) is 23.2. The van der Waals surface area contributed by atoms with Crippen LogP contribution in [0.4, 0.5) is 0 Å². The van der Waals surface area contributed by atoms with Crippen LogP contribution in [0.3, 0.4) is 0 Å². The summed E-state index contributed by atoms with van der Waals surface area (Å²) in [4.78, 5) is 4.61. The molecule has 2 aromatic heterocycles. The Labute approximate surface area is 192 Å². The van der Waals surface area contributed by atoms with Gasteiger partial charge in [-0.2, -0.15) is 0 Å². The van der Waals surface area contributed by atoms with Gasteiger partial charge in [-0.3, -0.25) is 4.40 Å². The molecule has 0 aliphatic heterocycles. The molecule has 1 atom stereocenters. The first-order chi connectivity index (χ1) is 13.7. The average Bonchev–Trinajstić information content (AvgIpc) is 3.11. The molecule has 0 aliphatic rings. The molecule has 0 amide bonds. The highest BCUT2D eigenvalue weighted by atomic mass is 127. The van der Waals surface area contributed by atoms with Gasteiger partial charge in [0.05, 0.1) is 6.54 Å². The predicted molar refractivity (Wildman–Crippen MR) is 128 cm³/mol. The number of nitrogens with zero attached hydrogens (tertiary/aromatic N) is 4. The highest BCUT2D eigenvalue weighted by molar-refractivity contribution is 14.0. The zero-order valence-corrected chi connectivity index (χ0v) is 19.6. The molecule has 9 heteroatoms. The van der Waals surface area contributed by atoms with Gasteiger partial charge in [0.1, 0.15) is 17.7 Å². The number of halogens is 2. The third-order valence-corrected chi connectivity index (χ3v) is 4.28. The molecule has 0 radical (unpaired) electrons. The van der Waals surface area contributed by atoms with E-state index in [1.807, 2.05) is 66.9 Å². The van der Waals surface area contributed by atoms with E-state index in [-0.39, 0.29) is 30.1 Å². The maximum Gasteiger partial charge on any atom is 0.191 e. The Morgan fingerprint density at radius 1 is 1.17 bits per heavy atom. The van der Waals surface area contributed by atoms with E-state index in [9.17, 15) is 0 Å². The number of benzene rings is 1. The Morgan fingerprint density at radius 3 is 2.72 bits per heavy atom. The summed E-state index contributed by atoms with van der Waals surface area (Å²) in [5, 5.41) is 15.7. The van der Waals surface area contributed by atoms with Gasteiger partial charge < -0.3 is 15.4 Å². The SMILES string of the molecule is CCNC(=NCC(C)Oc1ccc(Cl)cc1)NCCc1nnc2ccccn12.I. The topological polar surface area (TPSA) is 75.8 Å². The first-order valence-electron chi connectivity index (χ1n) is 9.38. The van der Waals surface area contributed by atoms with E-state index in [1.165, 1.54) is 0 Å². The number of ether oxygens (including phenoxy) is 1.